The Bertz CT molecular complexity index is 4660. The van der Waals surface area contributed by atoms with Gasteiger partial charge >= 0.3 is 18.1 Å². The van der Waals surface area contributed by atoms with Gasteiger partial charge in [-0.05, 0) is 114 Å². The summed E-state index contributed by atoms with van der Waals surface area (Å²) in [5.74, 6) is -1.04. The molecule has 23 nitrogen and oxygen atoms in total. The highest BCUT2D eigenvalue weighted by atomic mass is 16.6. The standard InChI is InChI=1S/C22H16N4O4.C22H18N4O2.C13H11N3.C8H7NO3.CO2.3CH4/c1-30-21(27)22(13-6-8-14(9-7-13)26(28)29)17-12-24-20-19(17)16(10-11-23-20)15-4-2-3-5-18(15)25-22;1-28-21(27)22(13-6-8-14(23)9-7-13)17-12-25-20-19(17)16(10-11-24-20)15-4-2-3-5-18(15)26-22;14-12-4-2-1-3-10(12)9-5-7-15-13-11(9)6-8-16-13;1-6(10)7-2-4-8(5-3-7)9(11)12;2-1-3;;;/h2-12,25H,1H3,(H,23,24);2-12,26H,23H2,1H3,(H,24,25);1-8H,14H2,(H,15,16);2-5H,1H3;;3*1H4. The second kappa shape index (κ2) is 28.5. The number of benzene rings is 6. The van der Waals surface area contributed by atoms with Crippen LogP contribution in [-0.4, -0.2) is 77.8 Å². The Kier molecular flexibility index (Phi) is 20.7. The number of non-ortho nitro benzene ring substituents is 2. The molecule has 2 atom stereocenters. The van der Waals surface area contributed by atoms with Crippen LogP contribution in [0.25, 0.3) is 66.5 Å². The van der Waals surface area contributed by atoms with Gasteiger partial charge in [-0.3, -0.25) is 25.0 Å². The first-order valence-corrected chi connectivity index (χ1v) is 27.1. The zero-order valence-electron chi connectivity index (χ0n) is 47.5. The molecule has 92 heavy (non-hydrogen) atoms. The second-order valence-electron chi connectivity index (χ2n) is 19.9. The number of fused-ring (bicyclic) bond motifs is 5. The van der Waals surface area contributed by atoms with Crippen LogP contribution in [0, 0.1) is 20.2 Å². The zero-order chi connectivity index (χ0) is 63.0. The number of nitrogens with zero attached hydrogens (tertiary/aromatic N) is 5. The maximum atomic E-state index is 13.4. The number of para-hydroxylation sites is 3. The number of hydrogen-bond donors (Lipinski definition) is 7. The van der Waals surface area contributed by atoms with E-state index in [0.29, 0.717) is 28.0 Å². The third-order valence-corrected chi connectivity index (χ3v) is 15.1. The molecule has 12 aromatic rings. The Balaban J connectivity index is 0.000000179. The Morgan fingerprint density at radius 2 is 0.902 bits per heavy atom. The van der Waals surface area contributed by atoms with Crippen molar-refractivity contribution in [1.29, 1.82) is 0 Å². The summed E-state index contributed by atoms with van der Waals surface area (Å²) in [4.78, 5) is 96.7. The van der Waals surface area contributed by atoms with E-state index in [1.165, 1.54) is 57.5 Å². The van der Waals surface area contributed by atoms with Crippen molar-refractivity contribution in [2.24, 2.45) is 0 Å². The molecular formula is C69H64N12O11. The number of nitrogens with two attached hydrogens (primary N) is 2. The first kappa shape index (κ1) is 66.9. The van der Waals surface area contributed by atoms with Crippen LogP contribution < -0.4 is 22.1 Å². The first-order valence-electron chi connectivity index (χ1n) is 27.1. The molecule has 14 rings (SSSR count). The number of rotatable bonds is 8. The van der Waals surface area contributed by atoms with Gasteiger partial charge in [-0.2, -0.15) is 9.59 Å². The van der Waals surface area contributed by atoms with E-state index in [4.69, 9.17) is 30.5 Å². The Morgan fingerprint density at radius 3 is 1.34 bits per heavy atom. The van der Waals surface area contributed by atoms with Gasteiger partial charge in [-0.1, -0.05) is 89.0 Å². The molecule has 6 aromatic carbocycles. The number of esters is 2. The van der Waals surface area contributed by atoms with Crippen LogP contribution in [0.3, 0.4) is 0 Å². The molecule has 2 aliphatic heterocycles. The van der Waals surface area contributed by atoms with Crippen LogP contribution >= 0.6 is 0 Å². The number of aromatic nitrogens is 6. The number of ether oxygens (including phenoxy) is 2. The number of nitrogens with one attached hydrogen (secondary N) is 5. The number of nitro benzene ring substituents is 2. The maximum absolute atomic E-state index is 13.4. The lowest BCUT2D eigenvalue weighted by atomic mass is 9.82. The van der Waals surface area contributed by atoms with Crippen molar-refractivity contribution in [1.82, 2.24) is 29.9 Å². The van der Waals surface area contributed by atoms with Crippen molar-refractivity contribution in [3.63, 3.8) is 0 Å². The number of ketones is 1. The largest absolute Gasteiger partial charge is 0.467 e. The fourth-order valence-electron chi connectivity index (χ4n) is 11.0. The number of hydrogen-bond acceptors (Lipinski definition) is 18. The molecule has 23 heteroatoms. The fraction of sp³-hybridized carbons (Fsp3) is 0.116. The number of carbonyl (C=O) groups is 3. The first-order chi connectivity index (χ1) is 43.1. The highest BCUT2D eigenvalue weighted by molar-refractivity contribution is 6.09. The van der Waals surface area contributed by atoms with E-state index in [9.17, 15) is 34.6 Å². The van der Waals surface area contributed by atoms with Crippen molar-refractivity contribution < 1.29 is 43.3 Å². The van der Waals surface area contributed by atoms with Gasteiger partial charge < -0.3 is 46.5 Å². The summed E-state index contributed by atoms with van der Waals surface area (Å²) >= 11 is 0. The molecule has 0 saturated heterocycles. The summed E-state index contributed by atoms with van der Waals surface area (Å²) in [6.45, 7) is 1.42. The summed E-state index contributed by atoms with van der Waals surface area (Å²) < 4.78 is 10.5. The number of pyridine rings is 3. The van der Waals surface area contributed by atoms with E-state index < -0.39 is 32.9 Å². The van der Waals surface area contributed by atoms with Crippen LogP contribution in [0.4, 0.5) is 34.1 Å². The summed E-state index contributed by atoms with van der Waals surface area (Å²) in [6, 6.07) is 50.0. The fourth-order valence-corrected chi connectivity index (χ4v) is 11.0. The van der Waals surface area contributed by atoms with Gasteiger partial charge in [0.2, 0.25) is 0 Å². The summed E-state index contributed by atoms with van der Waals surface area (Å²) in [7, 11) is 2.72. The summed E-state index contributed by atoms with van der Waals surface area (Å²) in [5, 5.41) is 31.0. The van der Waals surface area contributed by atoms with Crippen LogP contribution in [-0.2, 0) is 39.7 Å². The van der Waals surface area contributed by atoms with Gasteiger partial charge in [0.1, 0.15) is 16.9 Å². The predicted octanol–water partition coefficient (Wildman–Crippen LogP) is 13.6. The van der Waals surface area contributed by atoms with Gasteiger partial charge in [-0.25, -0.2) is 24.5 Å². The number of nitrogen functional groups attached to an aromatic ring is 2. The lowest BCUT2D eigenvalue weighted by Gasteiger charge is -2.33. The number of aromatic amines is 3. The number of nitro groups is 2. The summed E-state index contributed by atoms with van der Waals surface area (Å²) in [5.41, 5.74) is 23.5. The predicted molar refractivity (Wildman–Crippen MR) is 354 cm³/mol. The number of carbonyl (C=O) groups excluding carboxylic acids is 5. The molecule has 8 heterocycles. The number of Topliss-reactive ketones (excluding diaryl/α,β-unsaturated/α-hetero) is 1. The minimum atomic E-state index is -1.42. The Labute approximate surface area is 527 Å². The zero-order valence-corrected chi connectivity index (χ0v) is 47.5. The highest BCUT2D eigenvalue weighted by Crippen LogP contribution is 2.49. The van der Waals surface area contributed by atoms with E-state index in [1.54, 1.807) is 49.1 Å². The van der Waals surface area contributed by atoms with Crippen LogP contribution in [0.15, 0.2) is 207 Å². The molecule has 6 aromatic heterocycles. The summed E-state index contributed by atoms with van der Waals surface area (Å²) in [6.07, 6.45) is 11.0. The van der Waals surface area contributed by atoms with E-state index in [1.807, 2.05) is 122 Å². The van der Waals surface area contributed by atoms with Crippen LogP contribution in [0.2, 0.25) is 0 Å². The van der Waals surface area contributed by atoms with Gasteiger partial charge in [-0.15, -0.1) is 0 Å². The van der Waals surface area contributed by atoms with Gasteiger partial charge in [0.15, 0.2) is 16.9 Å². The average molecular weight is 1240 g/mol. The number of anilines is 4. The van der Waals surface area contributed by atoms with Crippen molar-refractivity contribution in [3.05, 3.63) is 255 Å². The van der Waals surface area contributed by atoms with E-state index in [2.05, 4.69) is 40.5 Å². The molecule has 0 saturated carbocycles. The molecule has 0 radical (unpaired) electrons. The van der Waals surface area contributed by atoms with E-state index >= 15 is 0 Å². The smallest absolute Gasteiger partial charge is 0.373 e. The van der Waals surface area contributed by atoms with E-state index in [-0.39, 0.29) is 45.6 Å². The van der Waals surface area contributed by atoms with E-state index in [0.717, 1.165) is 89.0 Å². The monoisotopic (exact) mass is 1240 g/mol. The normalized spacial score (nSPS) is 14.0. The van der Waals surface area contributed by atoms with Crippen LogP contribution in [0.1, 0.15) is 61.8 Å². The SMILES string of the molecule is C.C.C.CC(=O)c1ccc([N+](=O)[O-])cc1.COC(=O)C1(c2ccc(N)cc2)Nc2ccccc2-c2ccnc3[nH]cc1c23.COC(=O)C1(c2ccc([N+](=O)[O-])cc2)Nc2ccccc2-c2ccnc3[nH]cc1c23.Nc1ccccc1-c1ccnc2[nH]ccc12.O=C=O. The third kappa shape index (κ3) is 12.5. The van der Waals surface area contributed by atoms with Gasteiger partial charge in [0.05, 0.1) is 24.1 Å². The molecule has 0 fully saturated rings. The Hall–Kier alpha value is -12.6. The Morgan fingerprint density at radius 1 is 0.500 bits per heavy atom. The van der Waals surface area contributed by atoms with Crippen molar-refractivity contribution >= 4 is 91.1 Å². The molecule has 0 bridgehead atoms. The average Bonchev–Trinajstić information content (AvgIpc) is 1.55. The lowest BCUT2D eigenvalue weighted by molar-refractivity contribution is -0.385. The third-order valence-electron chi connectivity index (χ3n) is 15.1. The van der Waals surface area contributed by atoms with Crippen molar-refractivity contribution in [2.45, 2.75) is 40.3 Å². The molecule has 9 N–H and O–H groups in total. The number of methoxy groups -OCH3 is 2. The van der Waals surface area contributed by atoms with Crippen LogP contribution in [0.5, 0.6) is 0 Å². The van der Waals surface area contributed by atoms with Gasteiger partial charge in [0.25, 0.3) is 11.4 Å². The molecule has 0 spiro atoms. The molecule has 2 unspecified atom stereocenters. The minimum absolute atomic E-state index is 0. The number of H-pyrrole nitrogens is 3. The maximum Gasteiger partial charge on any atom is 0.373 e. The molecule has 466 valence electrons. The molecule has 2 aliphatic rings. The highest BCUT2D eigenvalue weighted by Gasteiger charge is 2.49. The van der Waals surface area contributed by atoms with Crippen molar-refractivity contribution in [2.75, 3.05) is 36.3 Å². The second-order valence-corrected chi connectivity index (χ2v) is 19.9. The minimum Gasteiger partial charge on any atom is -0.467 e. The topological polar surface area (TPSA) is 352 Å². The molecule has 0 amide bonds. The van der Waals surface area contributed by atoms with Crippen molar-refractivity contribution in [3.8, 4) is 33.4 Å². The lowest BCUT2D eigenvalue weighted by Crippen LogP contribution is -2.45. The van der Waals surface area contributed by atoms with Gasteiger partial charge in [0, 0.05) is 134 Å². The molecule has 0 aliphatic carbocycles. The quantitative estimate of drug-likeness (QED) is 0.0244. The molecular weight excluding hydrogens is 1170 g/mol.